The number of nitrogens with one attached hydrogen (secondary N) is 1. The van der Waals surface area contributed by atoms with Gasteiger partial charge in [0.1, 0.15) is 0 Å². The second-order valence-electron chi connectivity index (χ2n) is 6.12. The van der Waals surface area contributed by atoms with Crippen LogP contribution in [0.4, 0.5) is 5.82 Å². The van der Waals surface area contributed by atoms with Crippen molar-refractivity contribution in [2.75, 3.05) is 5.43 Å². The molecule has 0 aliphatic rings. The van der Waals surface area contributed by atoms with E-state index in [0.717, 1.165) is 26.9 Å². The molecule has 0 spiro atoms. The first-order chi connectivity index (χ1) is 13.8. The van der Waals surface area contributed by atoms with Gasteiger partial charge in [-0.15, -0.1) is 0 Å². The zero-order valence-corrected chi connectivity index (χ0v) is 16.5. The van der Waals surface area contributed by atoms with Crippen molar-refractivity contribution in [1.82, 2.24) is 9.97 Å². The highest BCUT2D eigenvalue weighted by molar-refractivity contribution is 9.10. The van der Waals surface area contributed by atoms with Gasteiger partial charge in [0.05, 0.1) is 11.9 Å². The molecule has 0 saturated carbocycles. The lowest BCUT2D eigenvalue weighted by molar-refractivity contribution is 1.15. The Bertz CT molecular complexity index is 1020. The Morgan fingerprint density at radius 3 is 2.07 bits per heavy atom. The van der Waals surface area contributed by atoms with Crippen molar-refractivity contribution < 1.29 is 0 Å². The Balaban J connectivity index is 1.66. The Hall–Kier alpha value is -3.31. The number of aromatic nitrogens is 2. The molecule has 4 nitrogen and oxygen atoms in total. The zero-order chi connectivity index (χ0) is 19.2. The summed E-state index contributed by atoms with van der Waals surface area (Å²) in [5.41, 5.74) is 6.86. The lowest BCUT2D eigenvalue weighted by Crippen LogP contribution is -1.99. The van der Waals surface area contributed by atoms with Crippen LogP contribution in [0.3, 0.4) is 0 Å². The van der Waals surface area contributed by atoms with Gasteiger partial charge in [0.2, 0.25) is 0 Å². The molecule has 0 radical (unpaired) electrons. The highest BCUT2D eigenvalue weighted by Gasteiger charge is 2.08. The normalized spacial score (nSPS) is 10.9. The number of anilines is 1. The lowest BCUT2D eigenvalue weighted by atomic mass is 10.1. The molecule has 136 valence electrons. The van der Waals surface area contributed by atoms with Gasteiger partial charge in [0.15, 0.2) is 11.6 Å². The molecule has 1 aromatic heterocycles. The molecule has 0 saturated heterocycles. The minimum atomic E-state index is 0.640. The van der Waals surface area contributed by atoms with Crippen molar-refractivity contribution in [3.8, 4) is 22.6 Å². The highest BCUT2D eigenvalue weighted by Crippen LogP contribution is 2.24. The Labute approximate surface area is 172 Å². The summed E-state index contributed by atoms with van der Waals surface area (Å²) in [5.74, 6) is 1.30. The van der Waals surface area contributed by atoms with Crippen molar-refractivity contribution >= 4 is 28.0 Å². The topological polar surface area (TPSA) is 50.2 Å². The molecule has 0 fully saturated rings. The number of hydrazone groups is 1. The van der Waals surface area contributed by atoms with Gasteiger partial charge in [-0.05, 0) is 17.7 Å². The fourth-order valence-corrected chi connectivity index (χ4v) is 2.96. The maximum absolute atomic E-state index is 4.74. The van der Waals surface area contributed by atoms with Crippen LogP contribution < -0.4 is 5.43 Å². The fourth-order valence-electron chi connectivity index (χ4n) is 2.70. The number of hydrogen-bond donors (Lipinski definition) is 1. The highest BCUT2D eigenvalue weighted by atomic mass is 79.9. The van der Waals surface area contributed by atoms with Gasteiger partial charge < -0.3 is 0 Å². The van der Waals surface area contributed by atoms with E-state index in [1.807, 2.05) is 91.0 Å². The summed E-state index contributed by atoms with van der Waals surface area (Å²) in [6.45, 7) is 0. The molecule has 4 rings (SSSR count). The number of nitrogens with zero attached hydrogens (tertiary/aromatic N) is 3. The summed E-state index contributed by atoms with van der Waals surface area (Å²) in [5, 5.41) is 4.33. The summed E-state index contributed by atoms with van der Waals surface area (Å²) in [6.07, 6.45) is 1.76. The Morgan fingerprint density at radius 2 is 1.39 bits per heavy atom. The van der Waals surface area contributed by atoms with Gasteiger partial charge >= 0.3 is 0 Å². The largest absolute Gasteiger partial charge is 0.261 e. The summed E-state index contributed by atoms with van der Waals surface area (Å²) >= 11 is 3.43. The molecule has 5 heteroatoms. The van der Waals surface area contributed by atoms with E-state index in [4.69, 9.17) is 4.98 Å². The molecule has 3 aromatic carbocycles. The molecule has 1 heterocycles. The van der Waals surface area contributed by atoms with E-state index in [2.05, 4.69) is 31.4 Å². The Morgan fingerprint density at radius 1 is 0.750 bits per heavy atom. The van der Waals surface area contributed by atoms with Crippen LogP contribution in [0, 0.1) is 0 Å². The van der Waals surface area contributed by atoms with Crippen molar-refractivity contribution in [3.63, 3.8) is 0 Å². The second kappa shape index (κ2) is 8.59. The lowest BCUT2D eigenvalue weighted by Gasteiger charge is -2.08. The smallest absolute Gasteiger partial charge is 0.162 e. The van der Waals surface area contributed by atoms with Crippen molar-refractivity contribution in [2.24, 2.45) is 5.10 Å². The molecular weight excluding hydrogens is 412 g/mol. The van der Waals surface area contributed by atoms with Crippen molar-refractivity contribution in [1.29, 1.82) is 0 Å². The molecule has 1 N–H and O–H groups in total. The maximum atomic E-state index is 4.74. The molecule has 0 bridgehead atoms. The van der Waals surface area contributed by atoms with Crippen LogP contribution in [0.15, 0.2) is 101 Å². The van der Waals surface area contributed by atoms with E-state index in [0.29, 0.717) is 11.6 Å². The third kappa shape index (κ3) is 4.50. The summed E-state index contributed by atoms with van der Waals surface area (Å²) in [4.78, 5) is 9.37. The van der Waals surface area contributed by atoms with Gasteiger partial charge in [-0.3, -0.25) is 5.43 Å². The maximum Gasteiger partial charge on any atom is 0.162 e. The van der Waals surface area contributed by atoms with E-state index >= 15 is 0 Å². The SMILES string of the molecule is Brc1ccc(C=NNc2cc(-c3ccccc3)nc(-c3ccccc3)n2)cc1. The van der Waals surface area contributed by atoms with Gasteiger partial charge in [-0.25, -0.2) is 9.97 Å². The molecule has 0 aliphatic carbocycles. The van der Waals surface area contributed by atoms with Crippen LogP contribution in [0.2, 0.25) is 0 Å². The minimum Gasteiger partial charge on any atom is -0.261 e. The monoisotopic (exact) mass is 428 g/mol. The van der Waals surface area contributed by atoms with Gasteiger partial charge in [-0.1, -0.05) is 88.7 Å². The van der Waals surface area contributed by atoms with Crippen LogP contribution in [0.5, 0.6) is 0 Å². The van der Waals surface area contributed by atoms with E-state index in [9.17, 15) is 0 Å². The van der Waals surface area contributed by atoms with E-state index in [-0.39, 0.29) is 0 Å². The summed E-state index contributed by atoms with van der Waals surface area (Å²) < 4.78 is 1.04. The molecule has 0 aliphatic heterocycles. The first-order valence-corrected chi connectivity index (χ1v) is 9.62. The zero-order valence-electron chi connectivity index (χ0n) is 15.0. The predicted molar refractivity (Wildman–Crippen MR) is 118 cm³/mol. The first-order valence-electron chi connectivity index (χ1n) is 8.82. The summed E-state index contributed by atoms with van der Waals surface area (Å²) in [7, 11) is 0. The van der Waals surface area contributed by atoms with Crippen molar-refractivity contribution in [3.05, 3.63) is 101 Å². The average molecular weight is 429 g/mol. The number of halogens is 1. The van der Waals surface area contributed by atoms with Crippen LogP contribution in [-0.4, -0.2) is 16.2 Å². The molecule has 28 heavy (non-hydrogen) atoms. The number of hydrogen-bond acceptors (Lipinski definition) is 4. The fraction of sp³-hybridized carbons (Fsp3) is 0. The first kappa shape index (κ1) is 18.1. The van der Waals surface area contributed by atoms with Gasteiger partial charge in [0.25, 0.3) is 0 Å². The third-order valence-electron chi connectivity index (χ3n) is 4.09. The van der Waals surface area contributed by atoms with Crippen LogP contribution in [0.1, 0.15) is 5.56 Å². The summed E-state index contributed by atoms with van der Waals surface area (Å²) in [6, 6.07) is 29.8. The standard InChI is InChI=1S/C23H17BrN4/c24-20-13-11-17(12-14-20)16-25-28-22-15-21(18-7-3-1-4-8-18)26-23(27-22)19-9-5-2-6-10-19/h1-16H,(H,26,27,28). The second-order valence-corrected chi connectivity index (χ2v) is 7.03. The number of rotatable bonds is 5. The number of benzene rings is 3. The Kier molecular flexibility index (Phi) is 5.54. The van der Waals surface area contributed by atoms with Gasteiger partial charge in [-0.2, -0.15) is 5.10 Å². The molecule has 0 amide bonds. The van der Waals surface area contributed by atoms with E-state index < -0.39 is 0 Å². The average Bonchev–Trinajstić information content (AvgIpc) is 2.76. The van der Waals surface area contributed by atoms with Gasteiger partial charge in [0, 0.05) is 21.7 Å². The molecule has 4 aromatic rings. The predicted octanol–water partition coefficient (Wildman–Crippen LogP) is 6.02. The van der Waals surface area contributed by atoms with Crippen LogP contribution in [0.25, 0.3) is 22.6 Å². The van der Waals surface area contributed by atoms with E-state index in [1.54, 1.807) is 6.21 Å². The molecular formula is C23H17BrN4. The van der Waals surface area contributed by atoms with E-state index in [1.165, 1.54) is 0 Å². The van der Waals surface area contributed by atoms with Crippen molar-refractivity contribution in [2.45, 2.75) is 0 Å². The van der Waals surface area contributed by atoms with Crippen LogP contribution >= 0.6 is 15.9 Å². The quantitative estimate of drug-likeness (QED) is 0.312. The molecule has 0 atom stereocenters. The molecule has 0 unspecified atom stereocenters. The minimum absolute atomic E-state index is 0.640. The third-order valence-corrected chi connectivity index (χ3v) is 4.62. The van der Waals surface area contributed by atoms with Crippen LogP contribution in [-0.2, 0) is 0 Å².